The van der Waals surface area contributed by atoms with Gasteiger partial charge in [-0.15, -0.1) is 0 Å². The maximum Gasteiger partial charge on any atom is 0.224 e. The maximum absolute atomic E-state index is 12.6. The van der Waals surface area contributed by atoms with Crippen molar-refractivity contribution in [1.82, 2.24) is 20.0 Å². The monoisotopic (exact) mass is 346 g/mol. The lowest BCUT2D eigenvalue weighted by Gasteiger charge is -2.41. The zero-order chi connectivity index (χ0) is 18.0. The van der Waals surface area contributed by atoms with Gasteiger partial charge in [0.05, 0.1) is 5.69 Å². The second-order valence-corrected chi connectivity index (χ2v) is 7.75. The summed E-state index contributed by atoms with van der Waals surface area (Å²) >= 11 is 0. The molecule has 0 radical (unpaired) electrons. The van der Waals surface area contributed by atoms with Crippen LogP contribution in [0.4, 0.5) is 0 Å². The zero-order valence-corrected chi connectivity index (χ0v) is 15.7. The largest absolute Gasteiger partial charge is 0.356 e. The van der Waals surface area contributed by atoms with Crippen molar-refractivity contribution in [3.63, 3.8) is 0 Å². The highest BCUT2D eigenvalue weighted by Crippen LogP contribution is 2.40. The summed E-state index contributed by atoms with van der Waals surface area (Å²) in [5.41, 5.74) is 3.66. The molecule has 0 atom stereocenters. The van der Waals surface area contributed by atoms with Crippen molar-refractivity contribution in [2.45, 2.75) is 65.8 Å². The number of carbonyl (C=O) groups is 2. The molecule has 0 bridgehead atoms. The second kappa shape index (κ2) is 7.18. The standard InChI is InChI=1S/C19H30N4O2/c1-14-15(2)21-23(16(14)3)11-5-18(25)22-12-8-19(9-13-22)6-4-17(24)20-10-7-19/h4-13H2,1-3H3,(H,20,24). The van der Waals surface area contributed by atoms with E-state index in [1.165, 1.54) is 5.56 Å². The van der Waals surface area contributed by atoms with E-state index in [1.807, 2.05) is 16.5 Å². The van der Waals surface area contributed by atoms with Crippen molar-refractivity contribution >= 4 is 11.8 Å². The Kier molecular flexibility index (Phi) is 5.16. The summed E-state index contributed by atoms with van der Waals surface area (Å²) in [6.07, 6.45) is 5.19. The summed E-state index contributed by atoms with van der Waals surface area (Å²) in [6, 6.07) is 0. The molecule has 1 N–H and O–H groups in total. The van der Waals surface area contributed by atoms with E-state index in [-0.39, 0.29) is 17.2 Å². The zero-order valence-electron chi connectivity index (χ0n) is 15.7. The summed E-state index contributed by atoms with van der Waals surface area (Å²) < 4.78 is 1.95. The van der Waals surface area contributed by atoms with E-state index in [0.717, 1.165) is 56.7 Å². The molecule has 3 heterocycles. The first-order valence-electron chi connectivity index (χ1n) is 9.45. The lowest BCUT2D eigenvalue weighted by molar-refractivity contribution is -0.134. The van der Waals surface area contributed by atoms with Crippen LogP contribution in [0.2, 0.25) is 0 Å². The van der Waals surface area contributed by atoms with Crippen LogP contribution < -0.4 is 5.32 Å². The molecule has 1 aromatic rings. The number of hydrogen-bond donors (Lipinski definition) is 1. The maximum atomic E-state index is 12.6. The summed E-state index contributed by atoms with van der Waals surface area (Å²) in [5.74, 6) is 0.401. The topological polar surface area (TPSA) is 67.2 Å². The molecule has 0 aromatic carbocycles. The Hall–Kier alpha value is -1.85. The van der Waals surface area contributed by atoms with E-state index < -0.39 is 0 Å². The van der Waals surface area contributed by atoms with Gasteiger partial charge in [-0.05, 0) is 57.4 Å². The smallest absolute Gasteiger partial charge is 0.224 e. The van der Waals surface area contributed by atoms with Crippen LogP contribution in [0.1, 0.15) is 55.5 Å². The fraction of sp³-hybridized carbons (Fsp3) is 0.737. The van der Waals surface area contributed by atoms with Crippen molar-refractivity contribution in [2.24, 2.45) is 5.41 Å². The number of amides is 2. The fourth-order valence-corrected chi connectivity index (χ4v) is 4.15. The normalized spacial score (nSPS) is 20.4. The van der Waals surface area contributed by atoms with Gasteiger partial charge in [0, 0.05) is 44.7 Å². The number of rotatable bonds is 3. The number of nitrogens with zero attached hydrogens (tertiary/aromatic N) is 3. The summed E-state index contributed by atoms with van der Waals surface area (Å²) in [6.45, 7) is 9.23. The van der Waals surface area contributed by atoms with Crippen LogP contribution in [0.3, 0.4) is 0 Å². The molecule has 6 nitrogen and oxygen atoms in total. The van der Waals surface area contributed by atoms with Crippen LogP contribution in [0, 0.1) is 26.2 Å². The van der Waals surface area contributed by atoms with Gasteiger partial charge < -0.3 is 10.2 Å². The van der Waals surface area contributed by atoms with Gasteiger partial charge in [-0.1, -0.05) is 0 Å². The summed E-state index contributed by atoms with van der Waals surface area (Å²) in [4.78, 5) is 26.2. The van der Waals surface area contributed by atoms with Gasteiger partial charge in [0.25, 0.3) is 0 Å². The average Bonchev–Trinajstić information content (AvgIpc) is 2.75. The Morgan fingerprint density at radius 3 is 2.52 bits per heavy atom. The van der Waals surface area contributed by atoms with Gasteiger partial charge in [0.2, 0.25) is 11.8 Å². The molecule has 0 aliphatic carbocycles. The quantitative estimate of drug-likeness (QED) is 0.911. The third-order valence-electron chi connectivity index (χ3n) is 6.32. The first kappa shape index (κ1) is 18.0. The Labute approximate surface area is 149 Å². The number of aromatic nitrogens is 2. The van der Waals surface area contributed by atoms with Gasteiger partial charge in [-0.2, -0.15) is 5.10 Å². The van der Waals surface area contributed by atoms with Crippen LogP contribution >= 0.6 is 0 Å². The third-order valence-corrected chi connectivity index (χ3v) is 6.32. The molecule has 2 fully saturated rings. The number of nitrogens with one attached hydrogen (secondary N) is 1. The Bertz CT molecular complexity index is 657. The Balaban J connectivity index is 1.51. The molecule has 0 unspecified atom stereocenters. The molecule has 2 aliphatic rings. The number of aryl methyl sites for hydroxylation is 2. The van der Waals surface area contributed by atoms with Gasteiger partial charge in [-0.3, -0.25) is 14.3 Å². The van der Waals surface area contributed by atoms with E-state index >= 15 is 0 Å². The summed E-state index contributed by atoms with van der Waals surface area (Å²) in [7, 11) is 0. The van der Waals surface area contributed by atoms with Gasteiger partial charge in [-0.25, -0.2) is 0 Å². The molecule has 6 heteroatoms. The Morgan fingerprint density at radius 1 is 1.16 bits per heavy atom. The highest BCUT2D eigenvalue weighted by Gasteiger charge is 2.37. The van der Waals surface area contributed by atoms with Crippen LogP contribution in [0.5, 0.6) is 0 Å². The average molecular weight is 346 g/mol. The van der Waals surface area contributed by atoms with Crippen LogP contribution in [0.25, 0.3) is 0 Å². The minimum Gasteiger partial charge on any atom is -0.356 e. The van der Waals surface area contributed by atoms with Gasteiger partial charge in [0.15, 0.2) is 0 Å². The second-order valence-electron chi connectivity index (χ2n) is 7.75. The van der Waals surface area contributed by atoms with Crippen LogP contribution in [-0.4, -0.2) is 46.1 Å². The molecule has 0 saturated carbocycles. The third kappa shape index (κ3) is 3.88. The van der Waals surface area contributed by atoms with Crippen LogP contribution in [0.15, 0.2) is 0 Å². The van der Waals surface area contributed by atoms with Crippen molar-refractivity contribution in [2.75, 3.05) is 19.6 Å². The predicted molar refractivity (Wildman–Crippen MR) is 96.2 cm³/mol. The fourth-order valence-electron chi connectivity index (χ4n) is 4.15. The number of carbonyl (C=O) groups excluding carboxylic acids is 2. The molecule has 25 heavy (non-hydrogen) atoms. The van der Waals surface area contributed by atoms with E-state index in [2.05, 4.69) is 24.3 Å². The summed E-state index contributed by atoms with van der Waals surface area (Å²) in [5, 5.41) is 7.49. The molecule has 2 aliphatic heterocycles. The van der Waals surface area contributed by atoms with Gasteiger partial charge >= 0.3 is 0 Å². The van der Waals surface area contributed by atoms with Gasteiger partial charge in [0.1, 0.15) is 0 Å². The van der Waals surface area contributed by atoms with Crippen molar-refractivity contribution in [3.8, 4) is 0 Å². The minimum absolute atomic E-state index is 0.176. The van der Waals surface area contributed by atoms with E-state index in [0.29, 0.717) is 19.4 Å². The molecule has 138 valence electrons. The Morgan fingerprint density at radius 2 is 1.88 bits per heavy atom. The minimum atomic E-state index is 0.176. The lowest BCUT2D eigenvalue weighted by atomic mass is 9.73. The number of piperidine rings is 1. The van der Waals surface area contributed by atoms with E-state index in [1.54, 1.807) is 0 Å². The highest BCUT2D eigenvalue weighted by molar-refractivity contribution is 5.77. The molecular formula is C19H30N4O2. The number of hydrogen-bond acceptors (Lipinski definition) is 3. The lowest BCUT2D eigenvalue weighted by Crippen LogP contribution is -2.43. The SMILES string of the molecule is Cc1nn(CCC(=O)N2CCC3(CCNC(=O)CC3)CC2)c(C)c1C. The van der Waals surface area contributed by atoms with Crippen molar-refractivity contribution in [1.29, 1.82) is 0 Å². The molecule has 3 rings (SSSR count). The van der Waals surface area contributed by atoms with E-state index in [4.69, 9.17) is 0 Å². The number of likely N-dealkylation sites (tertiary alicyclic amines) is 1. The predicted octanol–water partition coefficient (Wildman–Crippen LogP) is 2.11. The highest BCUT2D eigenvalue weighted by atomic mass is 16.2. The first-order chi connectivity index (χ1) is 11.9. The molecule has 2 amide bonds. The first-order valence-corrected chi connectivity index (χ1v) is 9.45. The van der Waals surface area contributed by atoms with E-state index in [9.17, 15) is 9.59 Å². The molecular weight excluding hydrogens is 316 g/mol. The molecule has 1 spiro atoms. The molecule has 2 saturated heterocycles. The van der Waals surface area contributed by atoms with Crippen molar-refractivity contribution in [3.05, 3.63) is 17.0 Å². The molecule has 1 aromatic heterocycles. The van der Waals surface area contributed by atoms with Crippen molar-refractivity contribution < 1.29 is 9.59 Å². The van der Waals surface area contributed by atoms with Crippen LogP contribution in [-0.2, 0) is 16.1 Å².